The summed E-state index contributed by atoms with van der Waals surface area (Å²) < 4.78 is 0. The summed E-state index contributed by atoms with van der Waals surface area (Å²) in [7, 11) is 0. The molecule has 98 valence electrons. The van der Waals surface area contributed by atoms with Crippen molar-refractivity contribution in [2.24, 2.45) is 5.92 Å². The molecule has 18 heavy (non-hydrogen) atoms. The highest BCUT2D eigenvalue weighted by Gasteiger charge is 2.31. The molecule has 1 heterocycles. The highest BCUT2D eigenvalue weighted by molar-refractivity contribution is 5.90. The topological polar surface area (TPSA) is 121 Å². The number of hydrogen-bond donors (Lipinski definition) is 3. The molecule has 0 saturated heterocycles. The molecule has 1 aromatic heterocycles. The SMILES string of the molecule is O=C(NC1CCCCCC1C(=O)O)c1nn[nH]n1. The Balaban J connectivity index is 2.04. The molecular weight excluding hydrogens is 238 g/mol. The summed E-state index contributed by atoms with van der Waals surface area (Å²) in [6, 6.07) is -0.365. The Bertz CT molecular complexity index is 419. The van der Waals surface area contributed by atoms with Crippen molar-refractivity contribution in [1.29, 1.82) is 0 Å². The van der Waals surface area contributed by atoms with Gasteiger partial charge in [0.25, 0.3) is 11.7 Å². The normalized spacial score (nSPS) is 24.2. The van der Waals surface area contributed by atoms with E-state index in [-0.39, 0.29) is 11.9 Å². The number of nitrogens with zero attached hydrogens (tertiary/aromatic N) is 3. The van der Waals surface area contributed by atoms with Gasteiger partial charge in [-0.15, -0.1) is 10.2 Å². The van der Waals surface area contributed by atoms with E-state index < -0.39 is 17.8 Å². The number of carboxylic acids is 1. The van der Waals surface area contributed by atoms with Crippen LogP contribution in [0.1, 0.15) is 42.7 Å². The lowest BCUT2D eigenvalue weighted by Crippen LogP contribution is -2.43. The Morgan fingerprint density at radius 3 is 2.72 bits per heavy atom. The largest absolute Gasteiger partial charge is 0.481 e. The highest BCUT2D eigenvalue weighted by atomic mass is 16.4. The molecule has 0 aliphatic heterocycles. The highest BCUT2D eigenvalue weighted by Crippen LogP contribution is 2.23. The molecular formula is C10H15N5O3. The maximum Gasteiger partial charge on any atom is 0.308 e. The fraction of sp³-hybridized carbons (Fsp3) is 0.700. The summed E-state index contributed by atoms with van der Waals surface area (Å²) in [5, 5.41) is 24.5. The maximum absolute atomic E-state index is 11.8. The first-order valence-electron chi connectivity index (χ1n) is 5.95. The van der Waals surface area contributed by atoms with Crippen LogP contribution >= 0.6 is 0 Å². The lowest BCUT2D eigenvalue weighted by atomic mass is 9.95. The van der Waals surface area contributed by atoms with Crippen LogP contribution in [0.15, 0.2) is 0 Å². The van der Waals surface area contributed by atoms with Crippen molar-refractivity contribution >= 4 is 11.9 Å². The number of H-pyrrole nitrogens is 1. The number of amides is 1. The van der Waals surface area contributed by atoms with Crippen molar-refractivity contribution in [3.63, 3.8) is 0 Å². The van der Waals surface area contributed by atoms with Crippen LogP contribution < -0.4 is 5.32 Å². The Labute approximate surface area is 103 Å². The van der Waals surface area contributed by atoms with Crippen molar-refractivity contribution in [3.8, 4) is 0 Å². The second-order valence-electron chi connectivity index (χ2n) is 4.40. The van der Waals surface area contributed by atoms with E-state index in [9.17, 15) is 14.7 Å². The number of rotatable bonds is 3. The Morgan fingerprint density at radius 1 is 1.28 bits per heavy atom. The van der Waals surface area contributed by atoms with Crippen LogP contribution in [-0.2, 0) is 4.79 Å². The minimum Gasteiger partial charge on any atom is -0.481 e. The zero-order valence-corrected chi connectivity index (χ0v) is 9.80. The van der Waals surface area contributed by atoms with E-state index in [1.54, 1.807) is 0 Å². The standard InChI is InChI=1S/C10H15N5O3/c16-9(8-12-14-15-13-8)11-7-5-3-1-2-4-6(7)10(17)18/h6-7H,1-5H2,(H,11,16)(H,17,18)(H,12,13,14,15). The predicted molar refractivity (Wildman–Crippen MR) is 59.6 cm³/mol. The molecule has 2 rings (SSSR count). The molecule has 0 radical (unpaired) electrons. The minimum atomic E-state index is -0.865. The van der Waals surface area contributed by atoms with E-state index in [1.165, 1.54) is 0 Å². The third-order valence-corrected chi connectivity index (χ3v) is 3.20. The van der Waals surface area contributed by atoms with Crippen LogP contribution in [0.3, 0.4) is 0 Å². The Hall–Kier alpha value is -1.99. The number of tetrazole rings is 1. The van der Waals surface area contributed by atoms with E-state index in [0.717, 1.165) is 19.3 Å². The molecule has 1 saturated carbocycles. The van der Waals surface area contributed by atoms with Crippen molar-refractivity contribution in [1.82, 2.24) is 25.9 Å². The maximum atomic E-state index is 11.8. The summed E-state index contributed by atoms with van der Waals surface area (Å²) in [5.41, 5.74) is 0. The van der Waals surface area contributed by atoms with E-state index >= 15 is 0 Å². The van der Waals surface area contributed by atoms with Crippen molar-refractivity contribution in [3.05, 3.63) is 5.82 Å². The van der Waals surface area contributed by atoms with Gasteiger partial charge in [-0.1, -0.05) is 19.3 Å². The molecule has 1 aliphatic rings. The minimum absolute atomic E-state index is 0.0663. The third-order valence-electron chi connectivity index (χ3n) is 3.20. The number of aromatic amines is 1. The van der Waals surface area contributed by atoms with E-state index in [0.29, 0.717) is 12.8 Å². The molecule has 8 nitrogen and oxygen atoms in total. The lowest BCUT2D eigenvalue weighted by molar-refractivity contribution is -0.142. The summed E-state index contributed by atoms with van der Waals surface area (Å²) in [6.45, 7) is 0. The molecule has 8 heteroatoms. The van der Waals surface area contributed by atoms with Gasteiger partial charge in [0, 0.05) is 6.04 Å². The molecule has 1 amide bonds. The van der Waals surface area contributed by atoms with Gasteiger partial charge in [0.15, 0.2) is 0 Å². The number of hydrogen-bond acceptors (Lipinski definition) is 5. The number of nitrogens with one attached hydrogen (secondary N) is 2. The average molecular weight is 253 g/mol. The number of aromatic nitrogens is 4. The quantitative estimate of drug-likeness (QED) is 0.650. The molecule has 3 N–H and O–H groups in total. The molecule has 1 fully saturated rings. The predicted octanol–water partition coefficient (Wildman–Crippen LogP) is -0.0370. The van der Waals surface area contributed by atoms with Crippen LogP contribution in [0.4, 0.5) is 0 Å². The first-order valence-corrected chi connectivity index (χ1v) is 5.95. The second kappa shape index (κ2) is 5.56. The van der Waals surface area contributed by atoms with Gasteiger partial charge in [-0.05, 0) is 18.1 Å². The first kappa shape index (κ1) is 12.5. The van der Waals surface area contributed by atoms with Crippen LogP contribution in [0.2, 0.25) is 0 Å². The number of carboxylic acid groups (broad SMARTS) is 1. The monoisotopic (exact) mass is 253 g/mol. The molecule has 2 unspecified atom stereocenters. The number of carbonyl (C=O) groups excluding carboxylic acids is 1. The zero-order chi connectivity index (χ0) is 13.0. The third kappa shape index (κ3) is 2.82. The van der Waals surface area contributed by atoms with Gasteiger partial charge in [0.05, 0.1) is 5.92 Å². The van der Waals surface area contributed by atoms with Crippen molar-refractivity contribution < 1.29 is 14.7 Å². The Kier molecular flexibility index (Phi) is 3.85. The van der Waals surface area contributed by atoms with Crippen LogP contribution in [0, 0.1) is 5.92 Å². The fourth-order valence-corrected chi connectivity index (χ4v) is 2.27. The van der Waals surface area contributed by atoms with Gasteiger partial charge in [-0.2, -0.15) is 5.21 Å². The summed E-state index contributed by atoms with van der Waals surface area (Å²) in [6.07, 6.45) is 4.05. The summed E-state index contributed by atoms with van der Waals surface area (Å²) in [4.78, 5) is 22.9. The van der Waals surface area contributed by atoms with Crippen molar-refractivity contribution in [2.75, 3.05) is 0 Å². The fourth-order valence-electron chi connectivity index (χ4n) is 2.27. The Morgan fingerprint density at radius 2 is 2.06 bits per heavy atom. The van der Waals surface area contributed by atoms with E-state index in [4.69, 9.17) is 0 Å². The van der Waals surface area contributed by atoms with Gasteiger partial charge in [-0.25, -0.2) is 0 Å². The summed E-state index contributed by atoms with van der Waals surface area (Å²) >= 11 is 0. The zero-order valence-electron chi connectivity index (χ0n) is 9.80. The second-order valence-corrected chi connectivity index (χ2v) is 4.40. The van der Waals surface area contributed by atoms with Crippen molar-refractivity contribution in [2.45, 2.75) is 38.1 Å². The first-order chi connectivity index (χ1) is 8.68. The van der Waals surface area contributed by atoms with Gasteiger partial charge >= 0.3 is 5.97 Å². The molecule has 0 spiro atoms. The number of aliphatic carboxylic acids is 1. The lowest BCUT2D eigenvalue weighted by Gasteiger charge is -2.21. The van der Waals surface area contributed by atoms with Gasteiger partial charge < -0.3 is 10.4 Å². The number of carbonyl (C=O) groups is 2. The van der Waals surface area contributed by atoms with Gasteiger partial charge in [0.2, 0.25) is 0 Å². The van der Waals surface area contributed by atoms with Crippen LogP contribution in [-0.4, -0.2) is 43.6 Å². The molecule has 0 bridgehead atoms. The average Bonchev–Trinajstić information content (AvgIpc) is 2.77. The molecule has 1 aliphatic carbocycles. The molecule has 0 aromatic carbocycles. The van der Waals surface area contributed by atoms with Crippen LogP contribution in [0.5, 0.6) is 0 Å². The van der Waals surface area contributed by atoms with Gasteiger partial charge in [-0.3, -0.25) is 9.59 Å². The molecule has 2 atom stereocenters. The van der Waals surface area contributed by atoms with Crippen LogP contribution in [0.25, 0.3) is 0 Å². The van der Waals surface area contributed by atoms with E-state index in [1.807, 2.05) is 0 Å². The van der Waals surface area contributed by atoms with Gasteiger partial charge in [0.1, 0.15) is 0 Å². The summed E-state index contributed by atoms with van der Waals surface area (Å²) in [5.74, 6) is -1.95. The molecule has 1 aromatic rings. The smallest absolute Gasteiger partial charge is 0.308 e. The van der Waals surface area contributed by atoms with E-state index in [2.05, 4.69) is 25.9 Å².